The molecule has 0 aliphatic heterocycles. The summed E-state index contributed by atoms with van der Waals surface area (Å²) >= 11 is 0. The maximum atomic E-state index is 11.6. The van der Waals surface area contributed by atoms with Crippen molar-refractivity contribution < 1.29 is 13.6 Å². The second-order valence-electron chi connectivity index (χ2n) is 2.82. The summed E-state index contributed by atoms with van der Waals surface area (Å²) in [7, 11) is 0. The van der Waals surface area contributed by atoms with E-state index < -0.39 is 12.3 Å². The molecule has 0 aromatic carbocycles. The summed E-state index contributed by atoms with van der Waals surface area (Å²) < 4.78 is 23.3. The monoisotopic (exact) mass is 163 g/mol. The van der Waals surface area contributed by atoms with Crippen molar-refractivity contribution in [3.05, 3.63) is 0 Å². The van der Waals surface area contributed by atoms with Gasteiger partial charge in [0.25, 0.3) is 5.91 Å². The number of alkyl halides is 2. The normalized spacial score (nSPS) is 28.7. The average Bonchev–Trinajstić information content (AvgIpc) is 2.67. The Bertz CT molecular complexity index is 161. The third-order valence-electron chi connectivity index (χ3n) is 1.97. The van der Waals surface area contributed by atoms with Crippen molar-refractivity contribution in [2.75, 3.05) is 0 Å². The molecule has 1 aliphatic rings. The van der Waals surface area contributed by atoms with E-state index in [0.717, 1.165) is 12.8 Å². The molecular formula is C7H11F2NO. The van der Waals surface area contributed by atoms with Crippen LogP contribution < -0.4 is 5.32 Å². The van der Waals surface area contributed by atoms with Crippen molar-refractivity contribution in [2.24, 2.45) is 5.92 Å². The Morgan fingerprint density at radius 1 is 1.73 bits per heavy atom. The van der Waals surface area contributed by atoms with Gasteiger partial charge in [-0.1, -0.05) is 13.3 Å². The molecule has 1 amide bonds. The van der Waals surface area contributed by atoms with Gasteiger partial charge in [0.2, 0.25) is 0 Å². The lowest BCUT2D eigenvalue weighted by atomic mass is 10.3. The Labute approximate surface area is 64.0 Å². The van der Waals surface area contributed by atoms with Gasteiger partial charge in [-0.15, -0.1) is 0 Å². The summed E-state index contributed by atoms with van der Waals surface area (Å²) in [5.41, 5.74) is 0. The van der Waals surface area contributed by atoms with Gasteiger partial charge < -0.3 is 5.32 Å². The van der Waals surface area contributed by atoms with Crippen LogP contribution >= 0.6 is 0 Å². The highest BCUT2D eigenvalue weighted by molar-refractivity contribution is 5.79. The van der Waals surface area contributed by atoms with E-state index in [2.05, 4.69) is 5.32 Å². The molecule has 64 valence electrons. The molecule has 0 aromatic rings. The predicted octanol–water partition coefficient (Wildman–Crippen LogP) is 1.17. The zero-order valence-corrected chi connectivity index (χ0v) is 6.31. The molecule has 0 radical (unpaired) electrons. The van der Waals surface area contributed by atoms with E-state index in [4.69, 9.17) is 0 Å². The van der Waals surface area contributed by atoms with E-state index in [1.54, 1.807) is 0 Å². The van der Waals surface area contributed by atoms with Gasteiger partial charge in [0.15, 0.2) is 0 Å². The van der Waals surface area contributed by atoms with E-state index in [1.807, 2.05) is 6.92 Å². The van der Waals surface area contributed by atoms with Crippen molar-refractivity contribution >= 4 is 5.91 Å². The second-order valence-corrected chi connectivity index (χ2v) is 2.82. The molecule has 2 atom stereocenters. The van der Waals surface area contributed by atoms with Crippen LogP contribution in [0.25, 0.3) is 0 Å². The fourth-order valence-electron chi connectivity index (χ4n) is 1.12. The molecule has 1 fully saturated rings. The fourth-order valence-corrected chi connectivity index (χ4v) is 1.12. The fraction of sp³-hybridized carbons (Fsp3) is 0.857. The van der Waals surface area contributed by atoms with Crippen molar-refractivity contribution in [3.8, 4) is 0 Å². The highest BCUT2D eigenvalue weighted by Gasteiger charge is 2.37. The van der Waals surface area contributed by atoms with Crippen LogP contribution in [0.15, 0.2) is 0 Å². The smallest absolute Gasteiger partial charge is 0.315 e. The topological polar surface area (TPSA) is 29.1 Å². The lowest BCUT2D eigenvalue weighted by molar-refractivity contribution is -0.131. The number of carbonyl (C=O) groups is 1. The first-order valence-corrected chi connectivity index (χ1v) is 3.73. The van der Waals surface area contributed by atoms with Gasteiger partial charge in [-0.25, -0.2) is 0 Å². The molecule has 4 heteroatoms. The molecule has 0 heterocycles. The molecule has 2 unspecified atom stereocenters. The van der Waals surface area contributed by atoms with E-state index >= 15 is 0 Å². The van der Waals surface area contributed by atoms with Gasteiger partial charge in [0.05, 0.1) is 0 Å². The van der Waals surface area contributed by atoms with Crippen LogP contribution in [0.4, 0.5) is 8.78 Å². The number of carbonyl (C=O) groups excluding carboxylic acids is 1. The maximum absolute atomic E-state index is 11.6. The number of amides is 1. The quantitative estimate of drug-likeness (QED) is 0.664. The minimum absolute atomic E-state index is 0.0153. The van der Waals surface area contributed by atoms with Crippen LogP contribution in [-0.2, 0) is 4.79 Å². The Balaban J connectivity index is 2.18. The van der Waals surface area contributed by atoms with Crippen LogP contribution in [0.1, 0.15) is 19.8 Å². The zero-order valence-electron chi connectivity index (χ0n) is 6.31. The second kappa shape index (κ2) is 3.15. The lowest BCUT2D eigenvalue weighted by Gasteiger charge is -2.01. The SMILES string of the molecule is CCC1CC1NC(=O)C(F)F. The molecule has 2 nitrogen and oxygen atoms in total. The first kappa shape index (κ1) is 8.43. The van der Waals surface area contributed by atoms with Crippen LogP contribution in [0.2, 0.25) is 0 Å². The standard InChI is InChI=1S/C7H11F2NO/c1-2-4-3-5(4)10-7(11)6(8)9/h4-6H,2-3H2,1H3,(H,10,11). The van der Waals surface area contributed by atoms with Gasteiger partial charge in [0.1, 0.15) is 0 Å². The Morgan fingerprint density at radius 2 is 2.36 bits per heavy atom. The van der Waals surface area contributed by atoms with Gasteiger partial charge in [-0.2, -0.15) is 8.78 Å². The van der Waals surface area contributed by atoms with Gasteiger partial charge >= 0.3 is 6.43 Å². The van der Waals surface area contributed by atoms with E-state index in [1.165, 1.54) is 0 Å². The molecule has 0 bridgehead atoms. The van der Waals surface area contributed by atoms with Crippen molar-refractivity contribution in [2.45, 2.75) is 32.2 Å². The van der Waals surface area contributed by atoms with E-state index in [0.29, 0.717) is 5.92 Å². The average molecular weight is 163 g/mol. The Kier molecular flexibility index (Phi) is 2.42. The highest BCUT2D eigenvalue weighted by Crippen LogP contribution is 2.33. The summed E-state index contributed by atoms with van der Waals surface area (Å²) in [5.74, 6) is -0.705. The third kappa shape index (κ3) is 2.13. The third-order valence-corrected chi connectivity index (χ3v) is 1.97. The van der Waals surface area contributed by atoms with Gasteiger partial charge in [-0.3, -0.25) is 4.79 Å². The first-order chi connectivity index (χ1) is 5.15. The van der Waals surface area contributed by atoms with Crippen LogP contribution in [0.5, 0.6) is 0 Å². The molecule has 1 rings (SSSR count). The number of rotatable bonds is 3. The van der Waals surface area contributed by atoms with Gasteiger partial charge in [-0.05, 0) is 12.3 Å². The largest absolute Gasteiger partial charge is 0.348 e. The summed E-state index contributed by atoms with van der Waals surface area (Å²) in [6.07, 6.45) is -1.06. The maximum Gasteiger partial charge on any atom is 0.315 e. The minimum atomic E-state index is -2.87. The number of hydrogen-bond donors (Lipinski definition) is 1. The summed E-state index contributed by atoms with van der Waals surface area (Å²) in [6.45, 7) is 1.99. The number of halogens is 2. The highest BCUT2D eigenvalue weighted by atomic mass is 19.3. The van der Waals surface area contributed by atoms with Crippen LogP contribution in [0, 0.1) is 5.92 Å². The molecular weight excluding hydrogens is 152 g/mol. The first-order valence-electron chi connectivity index (χ1n) is 3.73. The van der Waals surface area contributed by atoms with E-state index in [-0.39, 0.29) is 6.04 Å². The lowest BCUT2D eigenvalue weighted by Crippen LogP contribution is -2.32. The van der Waals surface area contributed by atoms with Crippen LogP contribution in [0.3, 0.4) is 0 Å². The molecule has 11 heavy (non-hydrogen) atoms. The van der Waals surface area contributed by atoms with Crippen molar-refractivity contribution in [1.82, 2.24) is 5.32 Å². The summed E-state index contributed by atoms with van der Waals surface area (Å²) in [4.78, 5) is 10.4. The Hall–Kier alpha value is -0.670. The number of hydrogen-bond acceptors (Lipinski definition) is 1. The summed E-state index contributed by atoms with van der Waals surface area (Å²) in [5, 5.41) is 2.27. The van der Waals surface area contributed by atoms with Crippen LogP contribution in [-0.4, -0.2) is 18.4 Å². The molecule has 1 aliphatic carbocycles. The van der Waals surface area contributed by atoms with E-state index in [9.17, 15) is 13.6 Å². The van der Waals surface area contributed by atoms with Crippen molar-refractivity contribution in [1.29, 1.82) is 0 Å². The molecule has 1 N–H and O–H groups in total. The Morgan fingerprint density at radius 3 is 2.73 bits per heavy atom. The van der Waals surface area contributed by atoms with Gasteiger partial charge in [0, 0.05) is 6.04 Å². The minimum Gasteiger partial charge on any atom is -0.348 e. The number of nitrogens with one attached hydrogen (secondary N) is 1. The predicted molar refractivity (Wildman–Crippen MR) is 36.3 cm³/mol. The molecule has 0 aromatic heterocycles. The summed E-state index contributed by atoms with van der Waals surface area (Å²) in [6, 6.07) is 0.0153. The molecule has 1 saturated carbocycles. The molecule has 0 saturated heterocycles. The van der Waals surface area contributed by atoms with Crippen molar-refractivity contribution in [3.63, 3.8) is 0 Å². The molecule has 0 spiro atoms. The zero-order chi connectivity index (χ0) is 8.43.